The van der Waals surface area contributed by atoms with Crippen LogP contribution in [0.25, 0.3) is 10.8 Å². The largest absolute Gasteiger partial charge is 0.454 e. The molecule has 148 valence electrons. The summed E-state index contributed by atoms with van der Waals surface area (Å²) in [5.74, 6) is 3.27. The lowest BCUT2D eigenvalue weighted by molar-refractivity contribution is 0.174. The van der Waals surface area contributed by atoms with Crippen LogP contribution in [0.4, 0.5) is 0 Å². The van der Waals surface area contributed by atoms with Crippen LogP contribution in [-0.4, -0.2) is 33.1 Å². The SMILES string of the molecule is c1ccc2cc(C3=Nn4c(CCc5ccc6c(c5)OCO6)nnc4SC3)ccc2c1. The Hall–Kier alpha value is -3.32. The van der Waals surface area contributed by atoms with Crippen molar-refractivity contribution in [2.45, 2.75) is 18.0 Å². The Balaban J connectivity index is 1.27. The van der Waals surface area contributed by atoms with E-state index in [-0.39, 0.29) is 0 Å². The first-order valence-corrected chi connectivity index (χ1v) is 10.8. The van der Waals surface area contributed by atoms with Crippen LogP contribution in [0.5, 0.6) is 11.5 Å². The molecule has 6 rings (SSSR count). The fraction of sp³-hybridized carbons (Fsp3) is 0.174. The Morgan fingerprint density at radius 3 is 2.73 bits per heavy atom. The predicted molar refractivity (Wildman–Crippen MR) is 117 cm³/mol. The minimum Gasteiger partial charge on any atom is -0.454 e. The molecule has 0 aliphatic carbocycles. The molecule has 3 aromatic carbocycles. The lowest BCUT2D eigenvalue weighted by atomic mass is 10.0. The van der Waals surface area contributed by atoms with Gasteiger partial charge < -0.3 is 9.47 Å². The van der Waals surface area contributed by atoms with Crippen LogP contribution < -0.4 is 9.47 Å². The van der Waals surface area contributed by atoms with E-state index in [1.165, 1.54) is 16.3 Å². The molecule has 0 bridgehead atoms. The average molecular weight is 414 g/mol. The van der Waals surface area contributed by atoms with Crippen molar-refractivity contribution < 1.29 is 9.47 Å². The van der Waals surface area contributed by atoms with Gasteiger partial charge >= 0.3 is 0 Å². The smallest absolute Gasteiger partial charge is 0.231 e. The number of hydrogen-bond acceptors (Lipinski definition) is 6. The van der Waals surface area contributed by atoms with Crippen LogP contribution in [0.2, 0.25) is 0 Å². The monoisotopic (exact) mass is 414 g/mol. The molecular weight excluding hydrogens is 396 g/mol. The van der Waals surface area contributed by atoms with E-state index in [4.69, 9.17) is 14.6 Å². The molecule has 2 aliphatic heterocycles. The van der Waals surface area contributed by atoms with Crippen LogP contribution in [0, 0.1) is 0 Å². The van der Waals surface area contributed by atoms with E-state index >= 15 is 0 Å². The van der Waals surface area contributed by atoms with Crippen molar-refractivity contribution in [3.8, 4) is 11.5 Å². The zero-order valence-corrected chi connectivity index (χ0v) is 16.9. The van der Waals surface area contributed by atoms with E-state index in [2.05, 4.69) is 58.7 Å². The molecule has 0 amide bonds. The Bertz CT molecular complexity index is 1300. The van der Waals surface area contributed by atoms with Crippen molar-refractivity contribution in [1.29, 1.82) is 0 Å². The van der Waals surface area contributed by atoms with Crippen LogP contribution in [0.3, 0.4) is 0 Å². The first kappa shape index (κ1) is 17.5. The number of fused-ring (bicyclic) bond motifs is 3. The minimum atomic E-state index is 0.292. The molecule has 6 nitrogen and oxygen atoms in total. The summed E-state index contributed by atoms with van der Waals surface area (Å²) >= 11 is 1.68. The summed E-state index contributed by atoms with van der Waals surface area (Å²) in [5.41, 5.74) is 3.36. The molecule has 0 fully saturated rings. The molecule has 0 spiro atoms. The number of aromatic nitrogens is 3. The number of rotatable bonds is 4. The molecule has 7 heteroatoms. The Kier molecular flexibility index (Phi) is 4.19. The number of thioether (sulfide) groups is 1. The fourth-order valence-corrected chi connectivity index (χ4v) is 4.64. The van der Waals surface area contributed by atoms with Crippen molar-refractivity contribution >= 4 is 28.2 Å². The third-order valence-corrected chi connectivity index (χ3v) is 6.32. The lowest BCUT2D eigenvalue weighted by Crippen LogP contribution is -2.15. The van der Waals surface area contributed by atoms with Gasteiger partial charge in [-0.25, -0.2) is 0 Å². The van der Waals surface area contributed by atoms with Crippen molar-refractivity contribution in [1.82, 2.24) is 14.9 Å². The summed E-state index contributed by atoms with van der Waals surface area (Å²) in [6.07, 6.45) is 1.59. The highest BCUT2D eigenvalue weighted by atomic mass is 32.2. The Labute approximate surface area is 177 Å². The van der Waals surface area contributed by atoms with Crippen molar-refractivity contribution in [2.24, 2.45) is 5.10 Å². The molecule has 0 atom stereocenters. The molecule has 2 aliphatic rings. The number of benzene rings is 3. The van der Waals surface area contributed by atoms with Gasteiger partial charge in [0, 0.05) is 12.2 Å². The van der Waals surface area contributed by atoms with Crippen LogP contribution in [0.1, 0.15) is 17.0 Å². The van der Waals surface area contributed by atoms with Gasteiger partial charge in [-0.15, -0.1) is 10.2 Å². The van der Waals surface area contributed by atoms with E-state index < -0.39 is 0 Å². The summed E-state index contributed by atoms with van der Waals surface area (Å²) in [5, 5.41) is 16.9. The molecule has 0 unspecified atom stereocenters. The van der Waals surface area contributed by atoms with Gasteiger partial charge in [-0.3, -0.25) is 0 Å². The van der Waals surface area contributed by atoms with E-state index in [1.54, 1.807) is 11.8 Å². The Morgan fingerprint density at radius 1 is 0.867 bits per heavy atom. The first-order chi connectivity index (χ1) is 14.8. The van der Waals surface area contributed by atoms with Gasteiger partial charge in [0.25, 0.3) is 0 Å². The molecule has 4 aromatic rings. The quantitative estimate of drug-likeness (QED) is 0.498. The summed E-state index contributed by atoms with van der Waals surface area (Å²) in [7, 11) is 0. The summed E-state index contributed by atoms with van der Waals surface area (Å²) in [6.45, 7) is 0.292. The molecule has 30 heavy (non-hydrogen) atoms. The maximum Gasteiger partial charge on any atom is 0.231 e. The topological polar surface area (TPSA) is 61.5 Å². The van der Waals surface area contributed by atoms with Gasteiger partial charge in [0.2, 0.25) is 11.9 Å². The average Bonchev–Trinajstić information content (AvgIpc) is 3.43. The number of ether oxygens (including phenoxy) is 2. The van der Waals surface area contributed by atoms with Crippen molar-refractivity contribution in [3.63, 3.8) is 0 Å². The predicted octanol–water partition coefficient (Wildman–Crippen LogP) is 4.30. The third kappa shape index (κ3) is 3.11. The molecule has 1 aromatic heterocycles. The highest BCUT2D eigenvalue weighted by Gasteiger charge is 2.20. The standard InChI is InChI=1S/C23H18N4O2S/c1-2-4-17-12-18(8-7-16(17)3-1)19-13-30-23-25-24-22(27(23)26-19)10-6-15-5-9-20-21(11-15)29-14-28-20/h1-5,7-9,11-12H,6,10,13-14H2. The van der Waals surface area contributed by atoms with Crippen molar-refractivity contribution in [2.75, 3.05) is 12.5 Å². The van der Waals surface area contributed by atoms with Gasteiger partial charge in [-0.05, 0) is 46.5 Å². The van der Waals surface area contributed by atoms with Crippen LogP contribution >= 0.6 is 11.8 Å². The third-order valence-electron chi connectivity index (χ3n) is 5.39. The maximum absolute atomic E-state index is 5.48. The van der Waals surface area contributed by atoms with Gasteiger partial charge in [0.1, 0.15) is 0 Å². The van der Waals surface area contributed by atoms with E-state index in [0.29, 0.717) is 6.79 Å². The Morgan fingerprint density at radius 2 is 1.77 bits per heavy atom. The van der Waals surface area contributed by atoms with Crippen LogP contribution in [0.15, 0.2) is 70.9 Å². The highest BCUT2D eigenvalue weighted by molar-refractivity contribution is 7.99. The number of aryl methyl sites for hydroxylation is 2. The summed E-state index contributed by atoms with van der Waals surface area (Å²) in [4.78, 5) is 0. The van der Waals surface area contributed by atoms with Gasteiger partial charge in [0.05, 0.1) is 5.71 Å². The van der Waals surface area contributed by atoms with E-state index in [9.17, 15) is 0 Å². The second kappa shape index (κ2) is 7.18. The zero-order valence-electron chi connectivity index (χ0n) is 16.1. The molecule has 3 heterocycles. The van der Waals surface area contributed by atoms with Gasteiger partial charge in [0.15, 0.2) is 17.3 Å². The molecule has 0 radical (unpaired) electrons. The van der Waals surface area contributed by atoms with E-state index in [0.717, 1.165) is 52.3 Å². The lowest BCUT2D eigenvalue weighted by Gasteiger charge is -2.14. The van der Waals surface area contributed by atoms with Crippen LogP contribution in [-0.2, 0) is 12.8 Å². The van der Waals surface area contributed by atoms with E-state index in [1.807, 2.05) is 16.8 Å². The highest BCUT2D eigenvalue weighted by Crippen LogP contribution is 2.33. The normalized spacial score (nSPS) is 14.6. The number of nitrogens with zero attached hydrogens (tertiary/aromatic N) is 4. The van der Waals surface area contributed by atoms with Gasteiger partial charge in [-0.1, -0.05) is 54.2 Å². The minimum absolute atomic E-state index is 0.292. The maximum atomic E-state index is 5.48. The van der Waals surface area contributed by atoms with Gasteiger partial charge in [-0.2, -0.15) is 9.78 Å². The summed E-state index contributed by atoms with van der Waals surface area (Å²) < 4.78 is 12.8. The second-order valence-electron chi connectivity index (χ2n) is 7.30. The fourth-order valence-electron chi connectivity index (χ4n) is 3.79. The molecule has 0 saturated carbocycles. The van der Waals surface area contributed by atoms with Crippen molar-refractivity contribution in [3.05, 3.63) is 77.6 Å². The molecule has 0 N–H and O–H groups in total. The zero-order chi connectivity index (χ0) is 19.9. The molecule has 0 saturated heterocycles. The first-order valence-electron chi connectivity index (χ1n) is 9.86. The summed E-state index contributed by atoms with van der Waals surface area (Å²) in [6, 6.07) is 21.0. The number of hydrogen-bond donors (Lipinski definition) is 0. The molecular formula is C23H18N4O2S. The second-order valence-corrected chi connectivity index (χ2v) is 8.24.